The lowest BCUT2D eigenvalue weighted by Gasteiger charge is -1.96. The summed E-state index contributed by atoms with van der Waals surface area (Å²) in [6.45, 7) is 0. The van der Waals surface area contributed by atoms with Crippen LogP contribution in [0.5, 0.6) is 0 Å². The summed E-state index contributed by atoms with van der Waals surface area (Å²) in [4.78, 5) is 5.23. The van der Waals surface area contributed by atoms with Crippen LogP contribution in [-0.2, 0) is 0 Å². The number of nitrogens with two attached hydrogens (primary N) is 1. The van der Waals surface area contributed by atoms with Gasteiger partial charge in [-0.05, 0) is 17.5 Å². The van der Waals surface area contributed by atoms with Crippen LogP contribution in [0.15, 0.2) is 36.0 Å². The number of anilines is 1. The van der Waals surface area contributed by atoms with Crippen LogP contribution in [0.3, 0.4) is 0 Å². The fourth-order valence-corrected chi connectivity index (χ4v) is 1.74. The van der Waals surface area contributed by atoms with Crippen molar-refractivity contribution in [1.82, 2.24) is 4.98 Å². The third kappa shape index (κ3) is 1.31. The first-order chi connectivity index (χ1) is 5.86. The maximum Gasteiger partial charge on any atom is 0.0507 e. The van der Waals surface area contributed by atoms with E-state index in [2.05, 4.69) is 11.1 Å². The molecule has 2 N–H and O–H groups in total. The van der Waals surface area contributed by atoms with Gasteiger partial charge >= 0.3 is 0 Å². The molecule has 0 spiro atoms. The standard InChI is InChI=1S/C9H8N2S/c10-8-4-7(5-11-6-8)9-2-1-3-12-9/h1-6H,10H2. The Morgan fingerprint density at radius 2 is 2.25 bits per heavy atom. The van der Waals surface area contributed by atoms with Gasteiger partial charge in [-0.25, -0.2) is 0 Å². The number of hydrogen-bond donors (Lipinski definition) is 1. The summed E-state index contributed by atoms with van der Waals surface area (Å²) in [5.74, 6) is 0. The lowest BCUT2D eigenvalue weighted by Crippen LogP contribution is -1.85. The fourth-order valence-electron chi connectivity index (χ4n) is 1.04. The molecule has 2 heterocycles. The van der Waals surface area contributed by atoms with Gasteiger partial charge in [-0.15, -0.1) is 11.3 Å². The van der Waals surface area contributed by atoms with E-state index in [0.717, 1.165) is 5.56 Å². The van der Waals surface area contributed by atoms with E-state index >= 15 is 0 Å². The first kappa shape index (κ1) is 7.31. The monoisotopic (exact) mass is 176 g/mol. The van der Waals surface area contributed by atoms with Crippen molar-refractivity contribution in [3.63, 3.8) is 0 Å². The topological polar surface area (TPSA) is 38.9 Å². The lowest BCUT2D eigenvalue weighted by molar-refractivity contribution is 1.34. The molecule has 2 aromatic rings. The summed E-state index contributed by atoms with van der Waals surface area (Å²) in [7, 11) is 0. The molecule has 0 bridgehead atoms. The highest BCUT2D eigenvalue weighted by Crippen LogP contribution is 2.24. The van der Waals surface area contributed by atoms with Crippen molar-refractivity contribution in [3.05, 3.63) is 36.0 Å². The van der Waals surface area contributed by atoms with Crippen LogP contribution >= 0.6 is 11.3 Å². The van der Waals surface area contributed by atoms with Crippen LogP contribution in [-0.4, -0.2) is 4.98 Å². The molecular formula is C9H8N2S. The average molecular weight is 176 g/mol. The highest BCUT2D eigenvalue weighted by molar-refractivity contribution is 7.13. The van der Waals surface area contributed by atoms with Crippen LogP contribution in [0.1, 0.15) is 0 Å². The molecule has 3 heteroatoms. The Bertz CT molecular complexity index is 368. The van der Waals surface area contributed by atoms with Gasteiger partial charge in [0.25, 0.3) is 0 Å². The Labute approximate surface area is 74.7 Å². The molecule has 0 aliphatic carbocycles. The minimum Gasteiger partial charge on any atom is -0.397 e. The molecule has 0 aliphatic heterocycles. The van der Waals surface area contributed by atoms with Crippen LogP contribution in [0.4, 0.5) is 5.69 Å². The Hall–Kier alpha value is -1.35. The number of thiophene rings is 1. The van der Waals surface area contributed by atoms with E-state index in [1.165, 1.54) is 4.88 Å². The van der Waals surface area contributed by atoms with Gasteiger partial charge in [-0.2, -0.15) is 0 Å². The van der Waals surface area contributed by atoms with E-state index in [9.17, 15) is 0 Å². The molecule has 2 nitrogen and oxygen atoms in total. The Morgan fingerprint density at radius 1 is 1.33 bits per heavy atom. The molecule has 0 fully saturated rings. The molecule has 2 rings (SSSR count). The predicted molar refractivity (Wildman–Crippen MR) is 52.0 cm³/mol. The predicted octanol–water partition coefficient (Wildman–Crippen LogP) is 2.39. The van der Waals surface area contributed by atoms with Crippen LogP contribution < -0.4 is 5.73 Å². The summed E-state index contributed by atoms with van der Waals surface area (Å²) < 4.78 is 0. The largest absolute Gasteiger partial charge is 0.397 e. The smallest absolute Gasteiger partial charge is 0.0507 e. The fraction of sp³-hybridized carbons (Fsp3) is 0. The molecule has 0 aromatic carbocycles. The molecule has 0 atom stereocenters. The van der Waals surface area contributed by atoms with Crippen molar-refractivity contribution in [3.8, 4) is 10.4 Å². The summed E-state index contributed by atoms with van der Waals surface area (Å²) in [5, 5.41) is 2.04. The van der Waals surface area contributed by atoms with Crippen molar-refractivity contribution < 1.29 is 0 Å². The summed E-state index contributed by atoms with van der Waals surface area (Å²) >= 11 is 1.69. The molecule has 0 saturated carbocycles. The summed E-state index contributed by atoms with van der Waals surface area (Å²) in [6, 6.07) is 6.00. The number of nitrogen functional groups attached to an aromatic ring is 1. The minimum absolute atomic E-state index is 0.709. The van der Waals surface area contributed by atoms with E-state index in [-0.39, 0.29) is 0 Å². The number of hydrogen-bond acceptors (Lipinski definition) is 3. The minimum atomic E-state index is 0.709. The first-order valence-electron chi connectivity index (χ1n) is 3.60. The summed E-state index contributed by atoms with van der Waals surface area (Å²) in [6.07, 6.45) is 3.47. The molecular weight excluding hydrogens is 168 g/mol. The van der Waals surface area contributed by atoms with E-state index in [1.807, 2.05) is 23.7 Å². The second-order valence-electron chi connectivity index (χ2n) is 2.48. The van der Waals surface area contributed by atoms with E-state index < -0.39 is 0 Å². The van der Waals surface area contributed by atoms with Gasteiger partial charge in [0, 0.05) is 22.8 Å². The molecule has 12 heavy (non-hydrogen) atoms. The molecule has 0 radical (unpaired) electrons. The number of nitrogens with zero attached hydrogens (tertiary/aromatic N) is 1. The van der Waals surface area contributed by atoms with E-state index in [4.69, 9.17) is 5.73 Å². The maximum absolute atomic E-state index is 5.61. The van der Waals surface area contributed by atoms with Crippen LogP contribution in [0, 0.1) is 0 Å². The molecule has 60 valence electrons. The Balaban J connectivity index is 2.48. The van der Waals surface area contributed by atoms with Crippen molar-refractivity contribution in [2.45, 2.75) is 0 Å². The van der Waals surface area contributed by atoms with Gasteiger partial charge in [0.15, 0.2) is 0 Å². The molecule has 2 aromatic heterocycles. The van der Waals surface area contributed by atoms with Crippen molar-refractivity contribution >= 4 is 17.0 Å². The van der Waals surface area contributed by atoms with Crippen LogP contribution in [0.25, 0.3) is 10.4 Å². The number of aromatic nitrogens is 1. The zero-order valence-electron chi connectivity index (χ0n) is 6.40. The Kier molecular flexibility index (Phi) is 1.80. The van der Waals surface area contributed by atoms with Gasteiger partial charge in [0.05, 0.1) is 5.69 Å². The van der Waals surface area contributed by atoms with Crippen molar-refractivity contribution in [2.75, 3.05) is 5.73 Å². The Morgan fingerprint density at radius 3 is 2.92 bits per heavy atom. The first-order valence-corrected chi connectivity index (χ1v) is 4.48. The van der Waals surface area contributed by atoms with Crippen molar-refractivity contribution in [1.29, 1.82) is 0 Å². The highest BCUT2D eigenvalue weighted by Gasteiger charge is 1.97. The molecule has 0 amide bonds. The highest BCUT2D eigenvalue weighted by atomic mass is 32.1. The van der Waals surface area contributed by atoms with Gasteiger partial charge in [-0.3, -0.25) is 4.98 Å². The van der Waals surface area contributed by atoms with Crippen LogP contribution in [0.2, 0.25) is 0 Å². The van der Waals surface area contributed by atoms with Gasteiger partial charge < -0.3 is 5.73 Å². The zero-order valence-corrected chi connectivity index (χ0v) is 7.21. The zero-order chi connectivity index (χ0) is 8.39. The third-order valence-corrected chi connectivity index (χ3v) is 2.48. The van der Waals surface area contributed by atoms with Crippen molar-refractivity contribution in [2.24, 2.45) is 0 Å². The summed E-state index contributed by atoms with van der Waals surface area (Å²) in [5.41, 5.74) is 7.40. The number of rotatable bonds is 1. The van der Waals surface area contributed by atoms with E-state index in [1.54, 1.807) is 17.5 Å². The van der Waals surface area contributed by atoms with Gasteiger partial charge in [0.2, 0.25) is 0 Å². The van der Waals surface area contributed by atoms with Gasteiger partial charge in [0.1, 0.15) is 0 Å². The SMILES string of the molecule is Nc1cncc(-c2cccs2)c1. The lowest BCUT2D eigenvalue weighted by atomic mass is 10.2. The maximum atomic E-state index is 5.61. The quantitative estimate of drug-likeness (QED) is 0.724. The second-order valence-corrected chi connectivity index (χ2v) is 3.43. The second kappa shape index (κ2) is 2.95. The average Bonchev–Trinajstić information content (AvgIpc) is 2.56. The van der Waals surface area contributed by atoms with E-state index in [0.29, 0.717) is 5.69 Å². The van der Waals surface area contributed by atoms with Gasteiger partial charge in [-0.1, -0.05) is 6.07 Å². The number of pyridine rings is 1. The molecule has 0 aliphatic rings. The molecule has 0 unspecified atom stereocenters. The molecule has 0 saturated heterocycles. The normalized spacial score (nSPS) is 10.0. The third-order valence-electron chi connectivity index (χ3n) is 1.57.